The highest BCUT2D eigenvalue weighted by Crippen LogP contribution is 2.44. The highest BCUT2D eigenvalue weighted by Gasteiger charge is 2.58. The van der Waals surface area contributed by atoms with Crippen molar-refractivity contribution in [1.29, 1.82) is 0 Å². The summed E-state index contributed by atoms with van der Waals surface area (Å²) in [5, 5.41) is 9.04. The minimum Gasteiger partial charge on any atom is -0.394 e. The van der Waals surface area contributed by atoms with Crippen LogP contribution in [-0.2, 0) is 9.47 Å². The lowest BCUT2D eigenvalue weighted by Crippen LogP contribution is -2.35. The first-order valence-electron chi connectivity index (χ1n) is 5.04. The Labute approximate surface area is 103 Å². The van der Waals surface area contributed by atoms with E-state index in [1.54, 1.807) is 0 Å². The van der Waals surface area contributed by atoms with Crippen LogP contribution in [0.25, 0.3) is 0 Å². The van der Waals surface area contributed by atoms with Crippen molar-refractivity contribution in [3.8, 4) is 0 Å². The third kappa shape index (κ3) is 1.68. The van der Waals surface area contributed by atoms with Gasteiger partial charge in [0.2, 0.25) is 0 Å². The lowest BCUT2D eigenvalue weighted by molar-refractivity contribution is -0.0857. The molecule has 2 aliphatic heterocycles. The molecule has 1 aromatic rings. The molecule has 92 valence electrons. The molecule has 8 heteroatoms. The van der Waals surface area contributed by atoms with Crippen LogP contribution in [0, 0.1) is 0 Å². The van der Waals surface area contributed by atoms with E-state index >= 15 is 0 Å². The van der Waals surface area contributed by atoms with Crippen LogP contribution in [0.5, 0.6) is 0 Å². The maximum absolute atomic E-state index is 11.6. The lowest BCUT2D eigenvalue weighted by atomic mass is 10.2. The number of hydrogen-bond donors (Lipinski definition) is 2. The number of aliphatic hydroxyl groups is 1. The zero-order chi connectivity index (χ0) is 12.2. The van der Waals surface area contributed by atoms with Gasteiger partial charge in [0.05, 0.1) is 11.1 Å². The Balaban J connectivity index is 1.98. The zero-order valence-electron chi connectivity index (χ0n) is 8.50. The van der Waals surface area contributed by atoms with E-state index in [-0.39, 0.29) is 23.3 Å². The molecule has 2 saturated heterocycles. The van der Waals surface area contributed by atoms with Gasteiger partial charge < -0.3 is 14.6 Å². The topological polar surface area (TPSA) is 96.9 Å². The fraction of sp³-hybridized carbons (Fsp3) is 0.556. The van der Waals surface area contributed by atoms with Gasteiger partial charge in [0, 0.05) is 6.20 Å². The van der Waals surface area contributed by atoms with Crippen LogP contribution >= 0.6 is 15.9 Å². The fourth-order valence-electron chi connectivity index (χ4n) is 2.02. The Bertz CT molecular complexity index is 567. The zero-order valence-corrected chi connectivity index (χ0v) is 10.1. The van der Waals surface area contributed by atoms with E-state index in [0.29, 0.717) is 0 Å². The number of hydrogen-bond acceptors (Lipinski definition) is 5. The van der Waals surface area contributed by atoms with E-state index in [9.17, 15) is 9.59 Å². The minimum absolute atomic E-state index is 0.156. The van der Waals surface area contributed by atoms with E-state index in [2.05, 4.69) is 20.9 Å². The van der Waals surface area contributed by atoms with Gasteiger partial charge in [-0.3, -0.25) is 14.3 Å². The van der Waals surface area contributed by atoms with Crippen molar-refractivity contribution in [1.82, 2.24) is 9.55 Å². The summed E-state index contributed by atoms with van der Waals surface area (Å²) in [6.45, 7) is -0.156. The van der Waals surface area contributed by atoms with Crippen LogP contribution in [0.4, 0.5) is 0 Å². The normalized spacial score (nSPS) is 34.7. The van der Waals surface area contributed by atoms with Gasteiger partial charge in [-0.05, 0) is 15.9 Å². The molecule has 0 spiro atoms. The summed E-state index contributed by atoms with van der Waals surface area (Å²) in [6, 6.07) is 0. The van der Waals surface area contributed by atoms with Gasteiger partial charge in [-0.15, -0.1) is 0 Å². The van der Waals surface area contributed by atoms with Crippen LogP contribution < -0.4 is 11.2 Å². The average molecular weight is 305 g/mol. The average Bonchev–Trinajstić information content (AvgIpc) is 3.00. The first-order valence-corrected chi connectivity index (χ1v) is 5.84. The van der Waals surface area contributed by atoms with Crippen LogP contribution in [0.1, 0.15) is 6.23 Å². The molecule has 3 rings (SSSR count). The highest BCUT2D eigenvalue weighted by molar-refractivity contribution is 9.10. The van der Waals surface area contributed by atoms with Gasteiger partial charge in [0.15, 0.2) is 6.23 Å². The highest BCUT2D eigenvalue weighted by atomic mass is 79.9. The van der Waals surface area contributed by atoms with Crippen LogP contribution in [0.2, 0.25) is 0 Å². The summed E-state index contributed by atoms with van der Waals surface area (Å²) in [5.41, 5.74) is -1.05. The summed E-state index contributed by atoms with van der Waals surface area (Å²) >= 11 is 3.04. The number of nitrogens with zero attached hydrogens (tertiary/aromatic N) is 1. The van der Waals surface area contributed by atoms with E-state index < -0.39 is 23.6 Å². The summed E-state index contributed by atoms with van der Waals surface area (Å²) in [5.74, 6) is 0. The van der Waals surface area contributed by atoms with Gasteiger partial charge in [0.1, 0.15) is 18.3 Å². The lowest BCUT2D eigenvalue weighted by Gasteiger charge is -2.17. The second-order valence-electron chi connectivity index (χ2n) is 3.96. The SMILES string of the molecule is O=c1[nH]c(=O)n([C@@H]2O[C@H](CO)C3OC32)cc1Br. The number of aromatic amines is 1. The molecule has 0 aromatic carbocycles. The fourth-order valence-corrected chi connectivity index (χ4v) is 2.34. The molecule has 0 radical (unpaired) electrons. The molecular weight excluding hydrogens is 296 g/mol. The van der Waals surface area contributed by atoms with Gasteiger partial charge >= 0.3 is 5.69 Å². The maximum atomic E-state index is 11.6. The molecule has 2 unspecified atom stereocenters. The molecule has 17 heavy (non-hydrogen) atoms. The van der Waals surface area contributed by atoms with Crippen molar-refractivity contribution in [2.75, 3.05) is 6.61 Å². The third-order valence-electron chi connectivity index (χ3n) is 2.90. The van der Waals surface area contributed by atoms with E-state index in [4.69, 9.17) is 14.6 Å². The Morgan fingerprint density at radius 2 is 2.18 bits per heavy atom. The summed E-state index contributed by atoms with van der Waals surface area (Å²) in [6.07, 6.45) is -0.0460. The monoisotopic (exact) mass is 304 g/mol. The standard InChI is InChI=1S/C9H9BrN2O5/c10-3-1-12(9(15)11-7(3)14)8-6-5(17-6)4(2-13)16-8/h1,4-6,8,13H,2H2,(H,11,14,15)/t4-,5?,6?,8-/m1/s1. The smallest absolute Gasteiger partial charge is 0.330 e. The Morgan fingerprint density at radius 1 is 1.41 bits per heavy atom. The largest absolute Gasteiger partial charge is 0.394 e. The minimum atomic E-state index is -0.599. The van der Waals surface area contributed by atoms with E-state index in [1.807, 2.05) is 0 Å². The van der Waals surface area contributed by atoms with Crippen molar-refractivity contribution < 1.29 is 14.6 Å². The first kappa shape index (κ1) is 11.1. The Morgan fingerprint density at radius 3 is 2.82 bits per heavy atom. The van der Waals surface area contributed by atoms with Crippen molar-refractivity contribution in [3.63, 3.8) is 0 Å². The van der Waals surface area contributed by atoms with Crippen LogP contribution in [0.15, 0.2) is 20.3 Å². The van der Waals surface area contributed by atoms with Crippen molar-refractivity contribution in [2.24, 2.45) is 0 Å². The van der Waals surface area contributed by atoms with Crippen molar-refractivity contribution in [2.45, 2.75) is 24.5 Å². The molecule has 7 nitrogen and oxygen atoms in total. The number of fused-ring (bicyclic) bond motifs is 1. The number of aliphatic hydroxyl groups excluding tert-OH is 1. The van der Waals surface area contributed by atoms with Gasteiger partial charge in [-0.25, -0.2) is 4.79 Å². The summed E-state index contributed by atoms with van der Waals surface area (Å²) in [7, 11) is 0. The molecule has 0 amide bonds. The number of halogens is 1. The number of epoxide rings is 1. The molecule has 1 aromatic heterocycles. The predicted octanol–water partition coefficient (Wildman–Crippen LogP) is -1.04. The first-order chi connectivity index (χ1) is 8.11. The molecule has 2 N–H and O–H groups in total. The second kappa shape index (κ2) is 3.77. The third-order valence-corrected chi connectivity index (χ3v) is 3.47. The predicted molar refractivity (Wildman–Crippen MR) is 58.7 cm³/mol. The number of aromatic nitrogens is 2. The molecule has 0 saturated carbocycles. The number of H-pyrrole nitrogens is 1. The van der Waals surface area contributed by atoms with E-state index in [0.717, 1.165) is 0 Å². The molecule has 3 heterocycles. The maximum Gasteiger partial charge on any atom is 0.330 e. The summed E-state index contributed by atoms with van der Waals surface area (Å²) < 4.78 is 12.3. The van der Waals surface area contributed by atoms with Crippen molar-refractivity contribution in [3.05, 3.63) is 31.5 Å². The number of ether oxygens (including phenoxy) is 2. The number of nitrogens with one attached hydrogen (secondary N) is 1. The quantitative estimate of drug-likeness (QED) is 0.680. The molecular formula is C9H9BrN2O5. The van der Waals surface area contributed by atoms with Crippen LogP contribution in [-0.4, -0.2) is 39.6 Å². The summed E-state index contributed by atoms with van der Waals surface area (Å²) in [4.78, 5) is 25.0. The van der Waals surface area contributed by atoms with Crippen LogP contribution in [0.3, 0.4) is 0 Å². The van der Waals surface area contributed by atoms with Crippen molar-refractivity contribution >= 4 is 15.9 Å². The van der Waals surface area contributed by atoms with Gasteiger partial charge in [-0.2, -0.15) is 0 Å². The number of rotatable bonds is 2. The molecule has 2 fully saturated rings. The Hall–Kier alpha value is -0.960. The van der Waals surface area contributed by atoms with Gasteiger partial charge in [-0.1, -0.05) is 0 Å². The molecule has 2 aliphatic rings. The second-order valence-corrected chi connectivity index (χ2v) is 4.81. The van der Waals surface area contributed by atoms with Gasteiger partial charge in [0.25, 0.3) is 5.56 Å². The molecule has 0 bridgehead atoms. The van der Waals surface area contributed by atoms with E-state index in [1.165, 1.54) is 10.8 Å². The molecule has 4 atom stereocenters. The Kier molecular flexibility index (Phi) is 2.47. The molecule has 0 aliphatic carbocycles.